The fourth-order valence-corrected chi connectivity index (χ4v) is 6.33. The summed E-state index contributed by atoms with van der Waals surface area (Å²) in [4.78, 5) is 13.1. The number of carbonyl (C=O) groups is 1. The second kappa shape index (κ2) is 7.82. The van der Waals surface area contributed by atoms with Gasteiger partial charge in [0, 0.05) is 6.04 Å². The molecular weight excluding hydrogens is 384 g/mol. The molecule has 1 N–H and O–H groups in total. The summed E-state index contributed by atoms with van der Waals surface area (Å²) in [5.41, 5.74) is 2.40. The van der Waals surface area contributed by atoms with Gasteiger partial charge in [-0.05, 0) is 74.3 Å². The zero-order valence-electron chi connectivity index (χ0n) is 17.0. The van der Waals surface area contributed by atoms with Gasteiger partial charge in [-0.3, -0.25) is 9.10 Å². The Morgan fingerprint density at radius 3 is 2.45 bits per heavy atom. The Morgan fingerprint density at radius 2 is 1.79 bits per heavy atom. The molecule has 1 amide bonds. The predicted molar refractivity (Wildman–Crippen MR) is 114 cm³/mol. The third-order valence-electron chi connectivity index (χ3n) is 6.55. The molecule has 0 unspecified atom stereocenters. The van der Waals surface area contributed by atoms with Crippen LogP contribution in [-0.2, 0) is 14.8 Å². The van der Waals surface area contributed by atoms with Crippen molar-refractivity contribution in [3.63, 3.8) is 0 Å². The van der Waals surface area contributed by atoms with Gasteiger partial charge in [0.1, 0.15) is 6.54 Å². The highest BCUT2D eigenvalue weighted by Crippen LogP contribution is 2.44. The number of rotatable bonds is 6. The largest absolute Gasteiger partial charge is 0.352 e. The van der Waals surface area contributed by atoms with Crippen LogP contribution >= 0.6 is 0 Å². The molecule has 4 rings (SSSR count). The molecular formula is C23H28N2O3S. The van der Waals surface area contributed by atoms with Gasteiger partial charge < -0.3 is 5.32 Å². The van der Waals surface area contributed by atoms with E-state index in [-0.39, 0.29) is 23.4 Å². The van der Waals surface area contributed by atoms with Crippen molar-refractivity contribution >= 4 is 21.6 Å². The van der Waals surface area contributed by atoms with Crippen molar-refractivity contribution in [3.05, 3.63) is 59.7 Å². The molecule has 0 aliphatic heterocycles. The molecule has 3 atom stereocenters. The summed E-state index contributed by atoms with van der Waals surface area (Å²) in [6.45, 7) is 3.63. The zero-order valence-corrected chi connectivity index (χ0v) is 17.8. The van der Waals surface area contributed by atoms with Crippen LogP contribution < -0.4 is 9.62 Å². The number of carbonyl (C=O) groups excluding carboxylic acids is 1. The quantitative estimate of drug-likeness (QED) is 0.785. The molecule has 0 aromatic heterocycles. The lowest BCUT2D eigenvalue weighted by Crippen LogP contribution is -2.46. The summed E-state index contributed by atoms with van der Waals surface area (Å²) in [7, 11) is -3.86. The van der Waals surface area contributed by atoms with Crippen LogP contribution in [0.3, 0.4) is 0 Å². The van der Waals surface area contributed by atoms with Crippen LogP contribution in [0.15, 0.2) is 53.4 Å². The summed E-state index contributed by atoms with van der Waals surface area (Å²) in [5, 5.41) is 3.12. The van der Waals surface area contributed by atoms with E-state index in [1.165, 1.54) is 23.6 Å². The van der Waals surface area contributed by atoms with Gasteiger partial charge in [0.2, 0.25) is 5.91 Å². The van der Waals surface area contributed by atoms with Gasteiger partial charge in [-0.1, -0.05) is 36.8 Å². The second-order valence-corrected chi connectivity index (χ2v) is 10.3. The van der Waals surface area contributed by atoms with E-state index < -0.39 is 10.0 Å². The first-order valence-corrected chi connectivity index (χ1v) is 11.7. The van der Waals surface area contributed by atoms with E-state index in [2.05, 4.69) is 5.32 Å². The number of aryl methyl sites for hydroxylation is 1. The Morgan fingerprint density at radius 1 is 1.03 bits per heavy atom. The number of hydrogen-bond donors (Lipinski definition) is 1. The van der Waals surface area contributed by atoms with Crippen molar-refractivity contribution in [2.75, 3.05) is 10.8 Å². The van der Waals surface area contributed by atoms with Gasteiger partial charge >= 0.3 is 0 Å². The van der Waals surface area contributed by atoms with Crippen LogP contribution in [0, 0.1) is 25.7 Å². The van der Waals surface area contributed by atoms with Gasteiger partial charge in [0.25, 0.3) is 10.0 Å². The molecule has 0 saturated heterocycles. The lowest BCUT2D eigenvalue weighted by molar-refractivity contribution is -0.120. The van der Waals surface area contributed by atoms with Crippen molar-refractivity contribution in [1.29, 1.82) is 0 Å². The molecule has 2 bridgehead atoms. The highest BCUT2D eigenvalue weighted by Gasteiger charge is 2.40. The van der Waals surface area contributed by atoms with Crippen molar-refractivity contribution in [2.24, 2.45) is 11.8 Å². The lowest BCUT2D eigenvalue weighted by atomic mass is 9.95. The molecule has 2 aromatic rings. The Balaban J connectivity index is 1.63. The van der Waals surface area contributed by atoms with Crippen molar-refractivity contribution in [2.45, 2.75) is 50.5 Å². The first-order chi connectivity index (χ1) is 13.9. The fraction of sp³-hybridized carbons (Fsp3) is 0.435. The van der Waals surface area contributed by atoms with Gasteiger partial charge in [-0.2, -0.15) is 0 Å². The molecule has 2 aliphatic rings. The molecule has 0 radical (unpaired) electrons. The van der Waals surface area contributed by atoms with E-state index in [0.717, 1.165) is 17.5 Å². The monoisotopic (exact) mass is 412 g/mol. The summed E-state index contributed by atoms with van der Waals surface area (Å²) < 4.78 is 28.1. The number of anilines is 1. The molecule has 2 saturated carbocycles. The number of nitrogens with one attached hydrogen (secondary N) is 1. The predicted octanol–water partition coefficient (Wildman–Crippen LogP) is 3.80. The number of fused-ring (bicyclic) bond motifs is 2. The lowest BCUT2D eigenvalue weighted by Gasteiger charge is -2.28. The standard InChI is InChI=1S/C23H28N2O3S/c1-16-7-6-10-22(17(16)2)25(29(27,28)20-8-4-3-5-9-20)15-23(26)24-21-14-18-11-12-19(21)13-18/h3-10,18-19,21H,11-15H2,1-2H3,(H,24,26)/t18-,19-,21-/m0/s1. The maximum Gasteiger partial charge on any atom is 0.264 e. The molecule has 154 valence electrons. The number of nitrogens with zero attached hydrogens (tertiary/aromatic N) is 1. The average molecular weight is 413 g/mol. The minimum absolute atomic E-state index is 0.182. The average Bonchev–Trinajstić information content (AvgIpc) is 3.32. The Bertz CT molecular complexity index is 1000. The third kappa shape index (κ3) is 3.90. The molecule has 2 fully saturated rings. The van der Waals surface area contributed by atoms with E-state index in [1.807, 2.05) is 26.0 Å². The van der Waals surface area contributed by atoms with E-state index in [4.69, 9.17) is 0 Å². The highest BCUT2D eigenvalue weighted by atomic mass is 32.2. The summed E-state index contributed by atoms with van der Waals surface area (Å²) in [6, 6.07) is 14.0. The van der Waals surface area contributed by atoms with Gasteiger partial charge in [-0.25, -0.2) is 8.42 Å². The van der Waals surface area contributed by atoms with Crippen LogP contribution in [0.25, 0.3) is 0 Å². The van der Waals surface area contributed by atoms with Crippen molar-refractivity contribution < 1.29 is 13.2 Å². The second-order valence-electron chi connectivity index (χ2n) is 8.39. The first kappa shape index (κ1) is 20.0. The van der Waals surface area contributed by atoms with Crippen molar-refractivity contribution in [1.82, 2.24) is 5.32 Å². The summed E-state index contributed by atoms with van der Waals surface area (Å²) >= 11 is 0. The number of sulfonamides is 1. The van der Waals surface area contributed by atoms with Gasteiger partial charge in [-0.15, -0.1) is 0 Å². The van der Waals surface area contributed by atoms with Crippen LogP contribution in [-0.4, -0.2) is 26.9 Å². The van der Waals surface area contributed by atoms with Gasteiger partial charge in [0.05, 0.1) is 10.6 Å². The Hall–Kier alpha value is -2.34. The smallest absolute Gasteiger partial charge is 0.264 e. The van der Waals surface area contributed by atoms with Crippen molar-refractivity contribution in [3.8, 4) is 0 Å². The topological polar surface area (TPSA) is 66.5 Å². The maximum atomic E-state index is 13.4. The van der Waals surface area contributed by atoms with Crippen LogP contribution in [0.2, 0.25) is 0 Å². The van der Waals surface area contributed by atoms with E-state index in [9.17, 15) is 13.2 Å². The van der Waals surface area contributed by atoms with E-state index in [1.54, 1.807) is 36.4 Å². The first-order valence-electron chi connectivity index (χ1n) is 10.3. The minimum atomic E-state index is -3.86. The molecule has 29 heavy (non-hydrogen) atoms. The van der Waals surface area contributed by atoms with E-state index in [0.29, 0.717) is 17.5 Å². The normalized spacial score (nSPS) is 23.2. The summed E-state index contributed by atoms with van der Waals surface area (Å²) in [6.07, 6.45) is 4.63. The van der Waals surface area contributed by atoms with Crippen LogP contribution in [0.5, 0.6) is 0 Å². The number of amides is 1. The highest BCUT2D eigenvalue weighted by molar-refractivity contribution is 7.92. The SMILES string of the molecule is Cc1cccc(N(CC(=O)N[C@H]2C[C@H]3CC[C@H]2C3)S(=O)(=O)c2ccccc2)c1C. The Kier molecular flexibility index (Phi) is 5.38. The van der Waals surface area contributed by atoms with E-state index >= 15 is 0 Å². The maximum absolute atomic E-state index is 13.4. The molecule has 5 nitrogen and oxygen atoms in total. The molecule has 2 aromatic carbocycles. The summed E-state index contributed by atoms with van der Waals surface area (Å²) in [5.74, 6) is 1.03. The van der Waals surface area contributed by atoms with Crippen LogP contribution in [0.4, 0.5) is 5.69 Å². The third-order valence-corrected chi connectivity index (χ3v) is 8.32. The Labute approximate surface area is 173 Å². The molecule has 0 spiro atoms. The van der Waals surface area contributed by atoms with Gasteiger partial charge in [0.15, 0.2) is 0 Å². The molecule has 6 heteroatoms. The van der Waals surface area contributed by atoms with Crippen LogP contribution in [0.1, 0.15) is 36.8 Å². The zero-order chi connectivity index (χ0) is 20.6. The fourth-order valence-electron chi connectivity index (χ4n) is 4.83. The molecule has 2 aliphatic carbocycles. The minimum Gasteiger partial charge on any atom is -0.352 e. The number of benzene rings is 2. The molecule has 0 heterocycles. The number of hydrogen-bond acceptors (Lipinski definition) is 3.